The van der Waals surface area contributed by atoms with E-state index in [4.69, 9.17) is 4.43 Å². The van der Waals surface area contributed by atoms with E-state index in [1.54, 1.807) is 0 Å². The van der Waals surface area contributed by atoms with Gasteiger partial charge in [0.1, 0.15) is 0 Å². The first-order valence-corrected chi connectivity index (χ1v) is 9.12. The molecule has 0 radical (unpaired) electrons. The van der Waals surface area contributed by atoms with Crippen LogP contribution in [0.2, 0.25) is 18.1 Å². The molecule has 0 amide bonds. The van der Waals surface area contributed by atoms with Crippen molar-refractivity contribution in [2.24, 2.45) is 0 Å². The molecule has 0 saturated heterocycles. The van der Waals surface area contributed by atoms with Gasteiger partial charge >= 0.3 is 0 Å². The van der Waals surface area contributed by atoms with Crippen molar-refractivity contribution >= 4 is 8.32 Å². The van der Waals surface area contributed by atoms with E-state index in [0.717, 1.165) is 6.42 Å². The van der Waals surface area contributed by atoms with Gasteiger partial charge in [-0.05, 0) is 31.5 Å². The van der Waals surface area contributed by atoms with Gasteiger partial charge in [0.25, 0.3) is 0 Å². The molecule has 0 unspecified atom stereocenters. The summed E-state index contributed by atoms with van der Waals surface area (Å²) in [6.07, 6.45) is 9.65. The van der Waals surface area contributed by atoms with Crippen molar-refractivity contribution in [3.63, 3.8) is 0 Å². The lowest BCUT2D eigenvalue weighted by Crippen LogP contribution is -2.43. The van der Waals surface area contributed by atoms with Crippen molar-refractivity contribution < 1.29 is 4.43 Å². The molecule has 0 aromatic rings. The number of rotatable bonds is 5. The minimum atomic E-state index is -1.62. The number of hydrogen-bond acceptors (Lipinski definition) is 1. The maximum absolute atomic E-state index is 6.32. The van der Waals surface area contributed by atoms with Crippen molar-refractivity contribution in [2.75, 3.05) is 0 Å². The van der Waals surface area contributed by atoms with E-state index < -0.39 is 8.32 Å². The van der Waals surface area contributed by atoms with E-state index in [2.05, 4.69) is 59.0 Å². The molecule has 0 spiro atoms. The molecule has 1 nitrogen and oxygen atoms in total. The van der Waals surface area contributed by atoms with E-state index >= 15 is 0 Å². The van der Waals surface area contributed by atoms with E-state index in [-0.39, 0.29) is 11.1 Å². The Morgan fingerprint density at radius 2 is 1.75 bits per heavy atom. The molecule has 0 N–H and O–H groups in total. The summed E-state index contributed by atoms with van der Waals surface area (Å²) >= 11 is 0. The monoisotopic (exact) mass is 240 g/mol. The minimum Gasteiger partial charge on any atom is -0.411 e. The van der Waals surface area contributed by atoms with Gasteiger partial charge in [0, 0.05) is 0 Å². The normalized spacial score (nSPS) is 16.2. The summed E-state index contributed by atoms with van der Waals surface area (Å²) in [5.41, 5.74) is 0. The van der Waals surface area contributed by atoms with Crippen molar-refractivity contribution in [2.45, 2.75) is 65.3 Å². The van der Waals surface area contributed by atoms with E-state index in [9.17, 15) is 0 Å². The summed E-state index contributed by atoms with van der Waals surface area (Å²) in [6, 6.07) is 0. The van der Waals surface area contributed by atoms with Crippen LogP contribution in [0, 0.1) is 0 Å². The average molecular weight is 240 g/mol. The van der Waals surface area contributed by atoms with Gasteiger partial charge in [0.15, 0.2) is 8.32 Å². The Labute approximate surface area is 103 Å². The molecule has 2 heteroatoms. The molecule has 0 aliphatic heterocycles. The highest BCUT2D eigenvalue weighted by Crippen LogP contribution is 2.37. The second-order valence-electron chi connectivity index (χ2n) is 5.74. The van der Waals surface area contributed by atoms with E-state index in [1.807, 2.05) is 13.0 Å². The first-order chi connectivity index (χ1) is 7.24. The van der Waals surface area contributed by atoms with Crippen LogP contribution in [-0.4, -0.2) is 14.4 Å². The van der Waals surface area contributed by atoms with Gasteiger partial charge in [-0.3, -0.25) is 0 Å². The van der Waals surface area contributed by atoms with Crippen LogP contribution in [0.5, 0.6) is 0 Å². The van der Waals surface area contributed by atoms with Crippen LogP contribution in [-0.2, 0) is 4.43 Å². The fourth-order valence-electron chi connectivity index (χ4n) is 1.11. The Balaban J connectivity index is 4.54. The molecule has 0 rings (SSSR count). The molecule has 16 heavy (non-hydrogen) atoms. The molecule has 0 aromatic heterocycles. The predicted molar refractivity (Wildman–Crippen MR) is 76.3 cm³/mol. The Kier molecular flexibility index (Phi) is 6.27. The molecular formula is C14H28OSi. The van der Waals surface area contributed by atoms with Gasteiger partial charge in [-0.25, -0.2) is 0 Å². The molecule has 0 aliphatic rings. The maximum atomic E-state index is 6.32. The fraction of sp³-hybridized carbons (Fsp3) is 0.714. The first-order valence-electron chi connectivity index (χ1n) is 6.22. The van der Waals surface area contributed by atoms with Gasteiger partial charge in [0.05, 0.1) is 6.10 Å². The average Bonchev–Trinajstić information content (AvgIpc) is 2.14. The smallest absolute Gasteiger partial charge is 0.192 e. The Bertz CT molecular complexity index is 246. The molecule has 94 valence electrons. The molecule has 0 fully saturated rings. The molecule has 0 bridgehead atoms. The maximum Gasteiger partial charge on any atom is 0.192 e. The Morgan fingerprint density at radius 1 is 1.19 bits per heavy atom. The minimum absolute atomic E-state index is 0.261. The van der Waals surface area contributed by atoms with Crippen LogP contribution in [0.15, 0.2) is 24.3 Å². The van der Waals surface area contributed by atoms with Gasteiger partial charge in [-0.2, -0.15) is 0 Å². The summed E-state index contributed by atoms with van der Waals surface area (Å²) in [6.45, 7) is 15.7. The van der Waals surface area contributed by atoms with Crippen molar-refractivity contribution in [1.29, 1.82) is 0 Å². The Morgan fingerprint density at radius 3 is 2.12 bits per heavy atom. The largest absolute Gasteiger partial charge is 0.411 e. The number of allylic oxidation sites excluding steroid dienone is 3. The van der Waals surface area contributed by atoms with Gasteiger partial charge in [-0.1, -0.05) is 52.0 Å². The lowest BCUT2D eigenvalue weighted by Gasteiger charge is -2.38. The first kappa shape index (κ1) is 15.7. The highest BCUT2D eigenvalue weighted by molar-refractivity contribution is 6.74. The summed E-state index contributed by atoms with van der Waals surface area (Å²) in [4.78, 5) is 0. The third-order valence-corrected chi connectivity index (χ3v) is 7.79. The zero-order chi connectivity index (χ0) is 12.8. The Hall–Kier alpha value is -0.343. The van der Waals surface area contributed by atoms with Gasteiger partial charge in [0.2, 0.25) is 0 Å². The van der Waals surface area contributed by atoms with Crippen molar-refractivity contribution in [3.05, 3.63) is 24.3 Å². The third kappa shape index (κ3) is 5.13. The lowest BCUT2D eigenvalue weighted by atomic mass is 10.2. The zero-order valence-corrected chi connectivity index (χ0v) is 13.0. The summed E-state index contributed by atoms with van der Waals surface area (Å²) < 4.78 is 6.32. The molecular weight excluding hydrogens is 212 g/mol. The quantitative estimate of drug-likeness (QED) is 0.489. The van der Waals surface area contributed by atoms with Crippen molar-refractivity contribution in [3.8, 4) is 0 Å². The molecule has 0 aliphatic carbocycles. The van der Waals surface area contributed by atoms with E-state index in [0.29, 0.717) is 0 Å². The third-order valence-electron chi connectivity index (χ3n) is 3.28. The molecule has 0 aromatic carbocycles. The predicted octanol–water partition coefficient (Wildman–Crippen LogP) is 4.92. The lowest BCUT2D eigenvalue weighted by molar-refractivity contribution is 0.221. The van der Waals surface area contributed by atoms with Gasteiger partial charge in [-0.15, -0.1) is 0 Å². The summed E-state index contributed by atoms with van der Waals surface area (Å²) in [5, 5.41) is 0.287. The summed E-state index contributed by atoms with van der Waals surface area (Å²) in [5.74, 6) is 0. The van der Waals surface area contributed by atoms with Crippen LogP contribution in [0.1, 0.15) is 41.0 Å². The second kappa shape index (κ2) is 6.41. The molecule has 0 heterocycles. The zero-order valence-electron chi connectivity index (χ0n) is 12.0. The SMILES string of the molecule is C/C=C\C=C\[C@@H](CC)O[Si](C)(C)C(C)(C)C. The van der Waals surface area contributed by atoms with Crippen LogP contribution in [0.25, 0.3) is 0 Å². The highest BCUT2D eigenvalue weighted by Gasteiger charge is 2.38. The van der Waals surface area contributed by atoms with Crippen LogP contribution < -0.4 is 0 Å². The molecule has 1 atom stereocenters. The fourth-order valence-corrected chi connectivity index (χ4v) is 2.47. The van der Waals surface area contributed by atoms with Crippen LogP contribution >= 0.6 is 0 Å². The number of hydrogen-bond donors (Lipinski definition) is 0. The molecule has 0 saturated carbocycles. The van der Waals surface area contributed by atoms with Crippen LogP contribution in [0.3, 0.4) is 0 Å². The highest BCUT2D eigenvalue weighted by atomic mass is 28.4. The van der Waals surface area contributed by atoms with E-state index in [1.165, 1.54) is 0 Å². The summed E-state index contributed by atoms with van der Waals surface area (Å²) in [7, 11) is -1.62. The van der Waals surface area contributed by atoms with Crippen molar-refractivity contribution in [1.82, 2.24) is 0 Å². The standard InChI is InChI=1S/C14H28OSi/c1-8-10-11-12-13(9-2)15-16(6,7)14(3,4)5/h8,10-13H,9H2,1-7H3/b10-8-,12-11+/t13-/m1/s1. The topological polar surface area (TPSA) is 9.23 Å². The van der Waals surface area contributed by atoms with Crippen LogP contribution in [0.4, 0.5) is 0 Å². The second-order valence-corrected chi connectivity index (χ2v) is 10.5. The van der Waals surface area contributed by atoms with Gasteiger partial charge < -0.3 is 4.43 Å².